The first-order valence-corrected chi connectivity index (χ1v) is 41.2. The molecule has 0 fully saturated rings. The largest absolute Gasteiger partial charge is 1.00 e. The predicted octanol–water partition coefficient (Wildman–Crippen LogP) is 8.49. The van der Waals surface area contributed by atoms with Gasteiger partial charge in [0.2, 0.25) is 23.6 Å². The number of aliphatic hydroxyl groups is 1. The van der Waals surface area contributed by atoms with Crippen LogP contribution in [0.5, 0.6) is 0 Å². The Morgan fingerprint density at radius 1 is 0.396 bits per heavy atom. The van der Waals surface area contributed by atoms with Crippen LogP contribution in [0.4, 0.5) is 0 Å². The summed E-state index contributed by atoms with van der Waals surface area (Å²) in [5.41, 5.74) is 0. The number of rotatable bonds is 74. The van der Waals surface area contributed by atoms with Gasteiger partial charge in [0.25, 0.3) is 15.6 Å². The standard InChI is InChI=1S/C73H138N4O19P2.CH4.2Na/c1-6-11-16-21-24-27-30-35-39-44-66(79)56-71(83)76-63(59-90-52-48-65(78)43-38-33-19-14-9-4)61-94-97(86,87)92-54-50-74-69(81)58-70(82)75-51-55-93-98(88,89)95-62-64(77-72(84)57-67(80)45-40-36-31-28-25-22-17-12-7-2)60-91-53-49-68(46-41-34-20-15-10-5)96-73(85)47-42-37-32-29-26-23-18-13-8-3;;;/h29,32,63-65,68,78H,6-28,30-31,33-62H2,1-5H3,(H,74,81)(H,75,82)(H,76,83)(H,77,84)(H,86,87)(H,88,89);1H4;;/q;;2*+1/p-2/b32-29-;;;/t63?,64?,65-,68-;;;/m1.../s1. The number of carbonyl (C=O) groups excluding carboxylic acids is 7. The Kier molecular flexibility index (Phi) is 79.0. The van der Waals surface area contributed by atoms with E-state index in [1.165, 1.54) is 77.0 Å². The van der Waals surface area contributed by atoms with Gasteiger partial charge in [-0.15, -0.1) is 0 Å². The first-order valence-electron chi connectivity index (χ1n) is 38.3. The third kappa shape index (κ3) is 73.8. The molecule has 0 rings (SSSR count). The topological polar surface area (TPSA) is 333 Å². The number of Topliss-reactive ketones (excluding diaryl/α,β-unsaturated/α-hetero) is 2. The number of allylic oxidation sites excluding steroid dienone is 2. The maximum absolute atomic E-state index is 13.2. The fraction of sp³-hybridized carbons (Fsp3) is 0.878. The van der Waals surface area contributed by atoms with Gasteiger partial charge >= 0.3 is 65.1 Å². The quantitative estimate of drug-likeness (QED) is 0.00951. The zero-order chi connectivity index (χ0) is 72.4. The summed E-state index contributed by atoms with van der Waals surface area (Å²) in [5, 5.41) is 20.4. The van der Waals surface area contributed by atoms with Gasteiger partial charge in [-0.2, -0.15) is 0 Å². The van der Waals surface area contributed by atoms with Crippen molar-refractivity contribution in [2.24, 2.45) is 0 Å². The minimum absolute atomic E-state index is 0. The van der Waals surface area contributed by atoms with E-state index in [9.17, 15) is 57.6 Å². The normalized spacial score (nSPS) is 13.7. The van der Waals surface area contributed by atoms with Crippen LogP contribution in [0.25, 0.3) is 0 Å². The van der Waals surface area contributed by atoms with Gasteiger partial charge in [0.15, 0.2) is 0 Å². The summed E-state index contributed by atoms with van der Waals surface area (Å²) in [7, 11) is -10.1. The number of carbonyl (C=O) groups is 7. The molecule has 101 heavy (non-hydrogen) atoms. The molecule has 0 saturated carbocycles. The summed E-state index contributed by atoms with van der Waals surface area (Å²) in [6, 6.07) is -2.04. The maximum Gasteiger partial charge on any atom is 1.00 e. The first-order chi connectivity index (χ1) is 47.3. The summed E-state index contributed by atoms with van der Waals surface area (Å²) in [4.78, 5) is 115. The molecule has 0 aliphatic carbocycles. The van der Waals surface area contributed by atoms with E-state index in [0.717, 1.165) is 128 Å². The van der Waals surface area contributed by atoms with Crippen LogP contribution in [0.2, 0.25) is 0 Å². The molecule has 0 heterocycles. The summed E-state index contributed by atoms with van der Waals surface area (Å²) in [5.74, 6) is -3.66. The molecule has 27 heteroatoms. The van der Waals surface area contributed by atoms with Crippen LogP contribution in [0.1, 0.15) is 331 Å². The smallest absolute Gasteiger partial charge is 0.756 e. The number of phosphoric ester groups is 2. The van der Waals surface area contributed by atoms with E-state index < -0.39 is 109 Å². The van der Waals surface area contributed by atoms with Crippen molar-refractivity contribution in [2.75, 3.05) is 65.9 Å². The SMILES string of the molecule is C.CCCCCC/C=C\CCCC(=O)O[C@H](CCCCCCC)CCOCC(COP(=O)([O-])OCCNC(=O)CC(=O)NCCOP(=O)([O-])OCC(COCC[C@H](O)CCCCCCC)NC(=O)CC(=O)CCCCCCCCCCC)NC(=O)CC(=O)CCCCCCCCCCC.[Na+].[Na+]. The second kappa shape index (κ2) is 75.3. The number of hydrogen-bond acceptors (Lipinski definition) is 19. The van der Waals surface area contributed by atoms with Gasteiger partial charge in [0.05, 0.1) is 77.3 Å². The van der Waals surface area contributed by atoms with E-state index in [1.54, 1.807) is 0 Å². The van der Waals surface area contributed by atoms with Crippen LogP contribution < -0.4 is 90.2 Å². The van der Waals surface area contributed by atoms with Crippen molar-refractivity contribution in [3.8, 4) is 0 Å². The molecule has 6 atom stereocenters. The Labute approximate surface area is 655 Å². The molecular formula is C74H140N4Na2O19P2. The molecule has 0 aliphatic rings. The molecule has 0 radical (unpaired) electrons. The number of ether oxygens (including phenoxy) is 3. The number of nitrogens with one attached hydrogen (secondary N) is 4. The Morgan fingerprint density at radius 3 is 1.17 bits per heavy atom. The van der Waals surface area contributed by atoms with Crippen molar-refractivity contribution in [2.45, 2.75) is 355 Å². The summed E-state index contributed by atoms with van der Waals surface area (Å²) in [6.07, 6.45) is 41.5. The van der Waals surface area contributed by atoms with E-state index in [2.05, 4.69) is 68.0 Å². The molecule has 4 amide bonds. The molecule has 582 valence electrons. The minimum Gasteiger partial charge on any atom is -0.756 e. The molecule has 23 nitrogen and oxygen atoms in total. The fourth-order valence-corrected chi connectivity index (χ4v) is 12.3. The molecular weight excluding hydrogens is 1360 g/mol. The average molecular weight is 1500 g/mol. The number of ketones is 2. The van der Waals surface area contributed by atoms with Crippen molar-refractivity contribution in [1.29, 1.82) is 0 Å². The summed E-state index contributed by atoms with van der Waals surface area (Å²) < 4.78 is 63.4. The van der Waals surface area contributed by atoms with Gasteiger partial charge in [-0.1, -0.05) is 234 Å². The molecule has 0 aromatic rings. The maximum atomic E-state index is 13.2. The zero-order valence-electron chi connectivity index (χ0n) is 63.5. The monoisotopic (exact) mass is 1500 g/mol. The zero-order valence-corrected chi connectivity index (χ0v) is 69.3. The number of unbranched alkanes of at least 4 members (excludes halogenated alkanes) is 29. The van der Waals surface area contributed by atoms with Crippen molar-refractivity contribution in [1.82, 2.24) is 21.3 Å². The van der Waals surface area contributed by atoms with Gasteiger partial charge in [0.1, 0.15) is 24.1 Å². The van der Waals surface area contributed by atoms with Gasteiger partial charge in [-0.25, -0.2) is 0 Å². The number of esters is 1. The Balaban J connectivity index is -0.0000157. The first kappa shape index (κ1) is 106. The number of amides is 4. The Morgan fingerprint density at radius 2 is 0.752 bits per heavy atom. The van der Waals surface area contributed by atoms with Crippen LogP contribution in [-0.4, -0.2) is 137 Å². The van der Waals surface area contributed by atoms with Gasteiger partial charge in [0, 0.05) is 45.4 Å². The van der Waals surface area contributed by atoms with Crippen molar-refractivity contribution < 1.29 is 149 Å². The second-order valence-corrected chi connectivity index (χ2v) is 29.1. The average Bonchev–Trinajstić information content (AvgIpc) is 0.971. The van der Waals surface area contributed by atoms with E-state index in [4.69, 9.17) is 32.3 Å². The molecule has 0 aromatic heterocycles. The van der Waals surface area contributed by atoms with Crippen LogP contribution >= 0.6 is 15.6 Å². The van der Waals surface area contributed by atoms with Gasteiger partial charge in [-0.3, -0.25) is 42.7 Å². The van der Waals surface area contributed by atoms with Crippen LogP contribution in [-0.2, 0) is 75.0 Å². The molecule has 0 saturated heterocycles. The summed E-state index contributed by atoms with van der Waals surface area (Å²) >= 11 is 0. The minimum atomic E-state index is -5.07. The predicted molar refractivity (Wildman–Crippen MR) is 388 cm³/mol. The van der Waals surface area contributed by atoms with E-state index in [0.29, 0.717) is 44.9 Å². The van der Waals surface area contributed by atoms with Crippen molar-refractivity contribution in [3.63, 3.8) is 0 Å². The molecule has 0 bridgehead atoms. The van der Waals surface area contributed by atoms with E-state index >= 15 is 0 Å². The summed E-state index contributed by atoms with van der Waals surface area (Å²) in [6.45, 7) is 7.56. The van der Waals surface area contributed by atoms with Crippen LogP contribution in [0.15, 0.2) is 12.2 Å². The molecule has 0 aliphatic heterocycles. The number of phosphoric acid groups is 2. The van der Waals surface area contributed by atoms with E-state index in [-0.39, 0.29) is 143 Å². The van der Waals surface area contributed by atoms with Crippen LogP contribution in [0, 0.1) is 0 Å². The fourth-order valence-electron chi connectivity index (χ4n) is 10.8. The van der Waals surface area contributed by atoms with Crippen molar-refractivity contribution >= 4 is 56.8 Å². The number of aliphatic hydroxyl groups excluding tert-OH is 1. The van der Waals surface area contributed by atoms with Gasteiger partial charge in [-0.05, 0) is 64.2 Å². The number of hydrogen-bond donors (Lipinski definition) is 5. The third-order valence-electron chi connectivity index (χ3n) is 16.6. The Bertz CT molecular complexity index is 2160. The van der Waals surface area contributed by atoms with E-state index in [1.807, 2.05) is 0 Å². The molecule has 0 aromatic carbocycles. The third-order valence-corrected chi connectivity index (χ3v) is 18.6. The van der Waals surface area contributed by atoms with Crippen molar-refractivity contribution in [3.05, 3.63) is 12.2 Å². The second-order valence-electron chi connectivity index (χ2n) is 26.3. The molecule has 5 N–H and O–H groups in total. The molecule has 4 unspecified atom stereocenters. The van der Waals surface area contributed by atoms with Gasteiger partial charge < -0.3 is 68.5 Å². The molecule has 0 spiro atoms. The Hall–Kier alpha value is -1.47. The van der Waals surface area contributed by atoms with Crippen LogP contribution in [0.3, 0.4) is 0 Å².